The van der Waals surface area contributed by atoms with E-state index >= 15 is 0 Å². The van der Waals surface area contributed by atoms with E-state index in [4.69, 9.17) is 9.47 Å². The first kappa shape index (κ1) is 17.1. The van der Waals surface area contributed by atoms with Crippen LogP contribution in [0.25, 0.3) is 0 Å². The smallest absolute Gasteiger partial charge is 0.246 e. The monoisotopic (exact) mass is 294 g/mol. The largest absolute Gasteiger partial charge is 0.382 e. The van der Waals surface area contributed by atoms with Crippen LogP contribution in [0.4, 0.5) is 5.69 Å². The molecule has 0 unspecified atom stereocenters. The lowest BCUT2D eigenvalue weighted by Gasteiger charge is -2.10. The fourth-order valence-electron chi connectivity index (χ4n) is 1.68. The SMILES string of the molecule is CCc1ccccc1NC(=O)CNC(=O)COCCOC. The summed E-state index contributed by atoms with van der Waals surface area (Å²) in [5, 5.41) is 5.28. The van der Waals surface area contributed by atoms with Crippen molar-refractivity contribution < 1.29 is 19.1 Å². The van der Waals surface area contributed by atoms with Gasteiger partial charge in [-0.3, -0.25) is 9.59 Å². The van der Waals surface area contributed by atoms with Gasteiger partial charge in [0, 0.05) is 12.8 Å². The zero-order valence-electron chi connectivity index (χ0n) is 12.5. The van der Waals surface area contributed by atoms with Crippen molar-refractivity contribution in [3.8, 4) is 0 Å². The lowest BCUT2D eigenvalue weighted by atomic mass is 10.1. The number of anilines is 1. The number of hydrogen-bond donors (Lipinski definition) is 2. The molecule has 1 aromatic rings. The quantitative estimate of drug-likeness (QED) is 0.665. The number of ether oxygens (including phenoxy) is 2. The van der Waals surface area contributed by atoms with Crippen LogP contribution in [-0.2, 0) is 25.5 Å². The summed E-state index contributed by atoms with van der Waals surface area (Å²) in [6.45, 7) is 2.64. The van der Waals surface area contributed by atoms with Gasteiger partial charge in [-0.2, -0.15) is 0 Å². The molecular weight excluding hydrogens is 272 g/mol. The molecule has 2 amide bonds. The van der Waals surface area contributed by atoms with Gasteiger partial charge in [0.15, 0.2) is 0 Å². The predicted molar refractivity (Wildman–Crippen MR) is 80.2 cm³/mol. The number of aryl methyl sites for hydroxylation is 1. The van der Waals surface area contributed by atoms with E-state index in [1.165, 1.54) is 0 Å². The van der Waals surface area contributed by atoms with Gasteiger partial charge in [0.2, 0.25) is 11.8 Å². The van der Waals surface area contributed by atoms with Crippen LogP contribution in [0.3, 0.4) is 0 Å². The summed E-state index contributed by atoms with van der Waals surface area (Å²) in [4.78, 5) is 23.2. The van der Waals surface area contributed by atoms with Crippen molar-refractivity contribution in [2.24, 2.45) is 0 Å². The number of rotatable bonds is 9. The molecule has 0 atom stereocenters. The Morgan fingerprint density at radius 2 is 1.90 bits per heavy atom. The Morgan fingerprint density at radius 3 is 2.62 bits per heavy atom. The van der Waals surface area contributed by atoms with Gasteiger partial charge in [-0.15, -0.1) is 0 Å². The highest BCUT2D eigenvalue weighted by Crippen LogP contribution is 2.14. The van der Waals surface area contributed by atoms with Crippen LogP contribution in [0.5, 0.6) is 0 Å². The zero-order valence-corrected chi connectivity index (χ0v) is 12.5. The first-order valence-corrected chi connectivity index (χ1v) is 6.88. The molecule has 0 saturated carbocycles. The van der Waals surface area contributed by atoms with Gasteiger partial charge in [0.25, 0.3) is 0 Å². The maximum atomic E-state index is 11.8. The Morgan fingerprint density at radius 1 is 1.14 bits per heavy atom. The van der Waals surface area contributed by atoms with E-state index < -0.39 is 0 Å². The summed E-state index contributed by atoms with van der Waals surface area (Å²) in [5.74, 6) is -0.592. The third-order valence-electron chi connectivity index (χ3n) is 2.78. The molecule has 0 heterocycles. The Bertz CT molecular complexity index is 463. The van der Waals surface area contributed by atoms with Gasteiger partial charge in [0.05, 0.1) is 19.8 Å². The number of carbonyl (C=O) groups is 2. The summed E-state index contributed by atoms with van der Waals surface area (Å²) in [6.07, 6.45) is 0.830. The third kappa shape index (κ3) is 6.87. The molecule has 21 heavy (non-hydrogen) atoms. The fourth-order valence-corrected chi connectivity index (χ4v) is 1.68. The number of carbonyl (C=O) groups excluding carboxylic acids is 2. The topological polar surface area (TPSA) is 76.7 Å². The van der Waals surface area contributed by atoms with Crippen LogP contribution >= 0.6 is 0 Å². The summed E-state index contributed by atoms with van der Waals surface area (Å²) >= 11 is 0. The van der Waals surface area contributed by atoms with Crippen LogP contribution in [0.2, 0.25) is 0 Å². The lowest BCUT2D eigenvalue weighted by molar-refractivity contribution is -0.128. The van der Waals surface area contributed by atoms with Gasteiger partial charge in [-0.05, 0) is 18.1 Å². The van der Waals surface area contributed by atoms with Crippen molar-refractivity contribution in [1.29, 1.82) is 0 Å². The van der Waals surface area contributed by atoms with E-state index in [9.17, 15) is 9.59 Å². The third-order valence-corrected chi connectivity index (χ3v) is 2.78. The average molecular weight is 294 g/mol. The molecule has 0 bridgehead atoms. The van der Waals surface area contributed by atoms with Crippen molar-refractivity contribution >= 4 is 17.5 Å². The summed E-state index contributed by atoms with van der Waals surface area (Å²) in [7, 11) is 1.56. The van der Waals surface area contributed by atoms with E-state index in [1.54, 1.807) is 7.11 Å². The Kier molecular flexibility index (Phi) is 8.08. The van der Waals surface area contributed by atoms with E-state index in [-0.39, 0.29) is 25.0 Å². The first-order chi connectivity index (χ1) is 10.2. The molecule has 0 fully saturated rings. The summed E-state index contributed by atoms with van der Waals surface area (Å²) in [6, 6.07) is 7.58. The Labute approximate surface area is 124 Å². The fraction of sp³-hybridized carbons (Fsp3) is 0.467. The second-order valence-electron chi connectivity index (χ2n) is 4.38. The number of hydrogen-bond acceptors (Lipinski definition) is 4. The second-order valence-corrected chi connectivity index (χ2v) is 4.38. The van der Waals surface area contributed by atoms with Gasteiger partial charge in [0.1, 0.15) is 6.61 Å². The first-order valence-electron chi connectivity index (χ1n) is 6.88. The molecular formula is C15H22N2O4. The van der Waals surface area contributed by atoms with E-state index in [0.717, 1.165) is 17.7 Å². The lowest BCUT2D eigenvalue weighted by Crippen LogP contribution is -2.35. The standard InChI is InChI=1S/C15H22N2O4/c1-3-12-6-4-5-7-13(12)17-14(18)10-16-15(19)11-21-9-8-20-2/h4-7H,3,8-11H2,1-2H3,(H,16,19)(H,17,18). The number of nitrogens with one attached hydrogen (secondary N) is 2. The predicted octanol–water partition coefficient (Wildman–Crippen LogP) is 0.967. The van der Waals surface area contributed by atoms with Crippen molar-refractivity contribution in [2.75, 3.05) is 38.8 Å². The van der Waals surface area contributed by atoms with Crippen LogP contribution < -0.4 is 10.6 Å². The molecule has 1 aromatic carbocycles. The van der Waals surface area contributed by atoms with Crippen LogP contribution in [-0.4, -0.2) is 45.3 Å². The Hall–Kier alpha value is -1.92. The Balaban J connectivity index is 2.29. The van der Waals surface area contributed by atoms with Crippen LogP contribution in [0, 0.1) is 0 Å². The zero-order chi connectivity index (χ0) is 15.5. The molecule has 0 aliphatic carbocycles. The molecule has 0 spiro atoms. The van der Waals surface area contributed by atoms with Gasteiger partial charge < -0.3 is 20.1 Å². The normalized spacial score (nSPS) is 10.2. The maximum Gasteiger partial charge on any atom is 0.246 e. The minimum absolute atomic E-state index is 0.0788. The molecule has 0 aliphatic rings. The number of amides is 2. The minimum atomic E-state index is -0.329. The van der Waals surface area contributed by atoms with E-state index in [2.05, 4.69) is 10.6 Å². The molecule has 0 radical (unpaired) electrons. The summed E-state index contributed by atoms with van der Waals surface area (Å²) < 4.78 is 9.84. The average Bonchev–Trinajstić information content (AvgIpc) is 2.50. The molecule has 116 valence electrons. The number of benzene rings is 1. The van der Waals surface area contributed by atoms with Gasteiger partial charge in [-0.1, -0.05) is 25.1 Å². The van der Waals surface area contributed by atoms with Gasteiger partial charge >= 0.3 is 0 Å². The molecule has 2 N–H and O–H groups in total. The molecule has 6 heteroatoms. The van der Waals surface area contributed by atoms with Crippen molar-refractivity contribution in [2.45, 2.75) is 13.3 Å². The highest BCUT2D eigenvalue weighted by molar-refractivity contribution is 5.95. The van der Waals surface area contributed by atoms with E-state index in [0.29, 0.717) is 13.2 Å². The minimum Gasteiger partial charge on any atom is -0.382 e. The number of methoxy groups -OCH3 is 1. The van der Waals surface area contributed by atoms with Crippen molar-refractivity contribution in [3.63, 3.8) is 0 Å². The number of para-hydroxylation sites is 1. The maximum absolute atomic E-state index is 11.8. The summed E-state index contributed by atoms with van der Waals surface area (Å²) in [5.41, 5.74) is 1.83. The van der Waals surface area contributed by atoms with Crippen molar-refractivity contribution in [3.05, 3.63) is 29.8 Å². The van der Waals surface area contributed by atoms with Crippen LogP contribution in [0.15, 0.2) is 24.3 Å². The van der Waals surface area contributed by atoms with E-state index in [1.807, 2.05) is 31.2 Å². The molecule has 1 rings (SSSR count). The molecule has 0 saturated heterocycles. The molecule has 0 aromatic heterocycles. The van der Waals surface area contributed by atoms with Gasteiger partial charge in [-0.25, -0.2) is 0 Å². The van der Waals surface area contributed by atoms with Crippen LogP contribution in [0.1, 0.15) is 12.5 Å². The second kappa shape index (κ2) is 9.90. The molecule has 0 aliphatic heterocycles. The molecule has 6 nitrogen and oxygen atoms in total. The highest BCUT2D eigenvalue weighted by atomic mass is 16.5. The van der Waals surface area contributed by atoms with Crippen molar-refractivity contribution in [1.82, 2.24) is 5.32 Å². The highest BCUT2D eigenvalue weighted by Gasteiger charge is 2.07.